The minimum Gasteiger partial charge on any atom is -0.373 e. The van der Waals surface area contributed by atoms with Crippen LogP contribution in [0.15, 0.2) is 12.1 Å². The fourth-order valence-electron chi connectivity index (χ4n) is 2.01. The minimum absolute atomic E-state index is 0.589. The molecule has 0 bridgehead atoms. The van der Waals surface area contributed by atoms with Gasteiger partial charge >= 0.3 is 0 Å². The van der Waals surface area contributed by atoms with E-state index in [1.165, 1.54) is 0 Å². The van der Waals surface area contributed by atoms with Crippen LogP contribution in [0.3, 0.4) is 0 Å². The lowest BCUT2D eigenvalue weighted by Crippen LogP contribution is -2.30. The zero-order chi connectivity index (χ0) is 12.8. The molecular formula is C13H22ClN3. The Labute approximate surface area is 109 Å². The van der Waals surface area contributed by atoms with Gasteiger partial charge in [0.25, 0.3) is 0 Å². The van der Waals surface area contributed by atoms with E-state index < -0.39 is 0 Å². The van der Waals surface area contributed by atoms with Crippen LogP contribution in [0.2, 0.25) is 5.02 Å². The number of pyridine rings is 1. The van der Waals surface area contributed by atoms with Gasteiger partial charge in [-0.05, 0) is 32.0 Å². The van der Waals surface area contributed by atoms with Crippen LogP contribution in [-0.4, -0.2) is 30.0 Å². The van der Waals surface area contributed by atoms with Gasteiger partial charge in [-0.15, -0.1) is 0 Å². The Kier molecular flexibility index (Phi) is 5.72. The van der Waals surface area contributed by atoms with Gasteiger partial charge < -0.3 is 5.32 Å². The van der Waals surface area contributed by atoms with Gasteiger partial charge in [0, 0.05) is 19.6 Å². The van der Waals surface area contributed by atoms with Crippen LogP contribution in [0.1, 0.15) is 32.4 Å². The lowest BCUT2D eigenvalue weighted by atomic mass is 10.1. The van der Waals surface area contributed by atoms with E-state index >= 15 is 0 Å². The van der Waals surface area contributed by atoms with E-state index in [4.69, 9.17) is 11.6 Å². The zero-order valence-electron chi connectivity index (χ0n) is 11.1. The van der Waals surface area contributed by atoms with Crippen LogP contribution in [0.25, 0.3) is 0 Å². The maximum Gasteiger partial charge on any atom is 0.126 e. The number of nitrogens with one attached hydrogen (secondary N) is 1. The van der Waals surface area contributed by atoms with Crippen molar-refractivity contribution in [2.24, 2.45) is 0 Å². The van der Waals surface area contributed by atoms with Gasteiger partial charge in [-0.25, -0.2) is 4.98 Å². The second-order valence-corrected chi connectivity index (χ2v) is 4.67. The molecule has 0 atom stereocenters. The normalized spacial score (nSPS) is 11.2. The quantitative estimate of drug-likeness (QED) is 0.845. The van der Waals surface area contributed by atoms with Crippen molar-refractivity contribution in [1.29, 1.82) is 0 Å². The molecule has 0 unspecified atom stereocenters. The minimum atomic E-state index is 0.589. The first kappa shape index (κ1) is 14.3. The van der Waals surface area contributed by atoms with Crippen molar-refractivity contribution in [2.75, 3.05) is 19.4 Å². The molecule has 0 saturated heterocycles. The highest BCUT2D eigenvalue weighted by molar-refractivity contribution is 6.31. The average Bonchev–Trinajstić information content (AvgIpc) is 2.33. The zero-order valence-corrected chi connectivity index (χ0v) is 11.9. The van der Waals surface area contributed by atoms with Crippen molar-refractivity contribution < 1.29 is 0 Å². The number of nitrogens with zero attached hydrogens (tertiary/aromatic N) is 2. The second kappa shape index (κ2) is 6.82. The molecule has 1 aromatic rings. The summed E-state index contributed by atoms with van der Waals surface area (Å²) in [5.41, 5.74) is 0.938. The van der Waals surface area contributed by atoms with Crippen molar-refractivity contribution in [3.8, 4) is 0 Å². The molecule has 0 fully saturated rings. The van der Waals surface area contributed by atoms with Gasteiger partial charge in [-0.2, -0.15) is 0 Å². The molecule has 0 radical (unpaired) electrons. The third-order valence-corrected chi connectivity index (χ3v) is 3.48. The fourth-order valence-corrected chi connectivity index (χ4v) is 2.18. The summed E-state index contributed by atoms with van der Waals surface area (Å²) in [5, 5.41) is 3.77. The van der Waals surface area contributed by atoms with E-state index in [0.717, 1.165) is 35.9 Å². The first-order chi connectivity index (χ1) is 8.12. The maximum absolute atomic E-state index is 6.17. The maximum atomic E-state index is 6.17. The van der Waals surface area contributed by atoms with Gasteiger partial charge in [0.05, 0.1) is 10.7 Å². The SMILES string of the molecule is CCC(CC)N(C)Cc1nc(NC)ccc1Cl. The van der Waals surface area contributed by atoms with Crippen LogP contribution < -0.4 is 5.32 Å². The molecule has 1 N–H and O–H groups in total. The molecular weight excluding hydrogens is 234 g/mol. The summed E-state index contributed by atoms with van der Waals surface area (Å²) in [6.45, 7) is 5.22. The molecule has 3 nitrogen and oxygen atoms in total. The topological polar surface area (TPSA) is 28.2 Å². The second-order valence-electron chi connectivity index (χ2n) is 4.26. The van der Waals surface area contributed by atoms with Crippen molar-refractivity contribution >= 4 is 17.4 Å². The largest absolute Gasteiger partial charge is 0.373 e. The lowest BCUT2D eigenvalue weighted by molar-refractivity contribution is 0.219. The van der Waals surface area contributed by atoms with Crippen molar-refractivity contribution in [1.82, 2.24) is 9.88 Å². The molecule has 1 aromatic heterocycles. The highest BCUT2D eigenvalue weighted by Gasteiger charge is 2.13. The Morgan fingerprint density at radius 2 is 2.00 bits per heavy atom. The van der Waals surface area contributed by atoms with Crippen LogP contribution in [0.5, 0.6) is 0 Å². The summed E-state index contributed by atoms with van der Waals surface area (Å²) in [5.74, 6) is 0.863. The van der Waals surface area contributed by atoms with E-state index in [2.05, 4.69) is 36.1 Å². The molecule has 17 heavy (non-hydrogen) atoms. The highest BCUT2D eigenvalue weighted by atomic mass is 35.5. The first-order valence-electron chi connectivity index (χ1n) is 6.15. The summed E-state index contributed by atoms with van der Waals surface area (Å²) in [6, 6.07) is 4.38. The van der Waals surface area contributed by atoms with Gasteiger partial charge in [-0.3, -0.25) is 4.90 Å². The third-order valence-electron chi connectivity index (χ3n) is 3.14. The van der Waals surface area contributed by atoms with E-state index in [1.54, 1.807) is 0 Å². The smallest absolute Gasteiger partial charge is 0.126 e. The summed E-state index contributed by atoms with van der Waals surface area (Å²) >= 11 is 6.17. The Hall–Kier alpha value is -0.800. The molecule has 96 valence electrons. The average molecular weight is 256 g/mol. The summed E-state index contributed by atoms with van der Waals surface area (Å²) in [7, 11) is 3.99. The van der Waals surface area contributed by atoms with E-state index in [0.29, 0.717) is 6.04 Å². The molecule has 0 amide bonds. The Morgan fingerprint density at radius 3 is 2.53 bits per heavy atom. The number of hydrogen-bond acceptors (Lipinski definition) is 3. The van der Waals surface area contributed by atoms with E-state index in [9.17, 15) is 0 Å². The Bertz CT molecular complexity index is 351. The first-order valence-corrected chi connectivity index (χ1v) is 6.53. The van der Waals surface area contributed by atoms with Crippen molar-refractivity contribution in [2.45, 2.75) is 39.3 Å². The number of halogens is 1. The lowest BCUT2D eigenvalue weighted by Gasteiger charge is -2.26. The predicted molar refractivity (Wildman–Crippen MR) is 74.6 cm³/mol. The molecule has 0 aliphatic heterocycles. The molecule has 0 aliphatic rings. The van der Waals surface area contributed by atoms with Gasteiger partial charge in [0.2, 0.25) is 0 Å². The molecule has 4 heteroatoms. The number of anilines is 1. The monoisotopic (exact) mass is 255 g/mol. The molecule has 1 rings (SSSR count). The summed E-state index contributed by atoms with van der Waals surface area (Å²) in [4.78, 5) is 6.81. The molecule has 1 heterocycles. The summed E-state index contributed by atoms with van der Waals surface area (Å²) in [6.07, 6.45) is 2.30. The number of aromatic nitrogens is 1. The number of hydrogen-bond donors (Lipinski definition) is 1. The van der Waals surface area contributed by atoms with Crippen molar-refractivity contribution in [3.63, 3.8) is 0 Å². The predicted octanol–water partition coefficient (Wildman–Crippen LogP) is 3.40. The molecule has 0 spiro atoms. The number of rotatable bonds is 6. The van der Waals surface area contributed by atoms with Gasteiger partial charge in [0.15, 0.2) is 0 Å². The van der Waals surface area contributed by atoms with Gasteiger partial charge in [-0.1, -0.05) is 25.4 Å². The summed E-state index contributed by atoms with van der Waals surface area (Å²) < 4.78 is 0. The third kappa shape index (κ3) is 3.86. The fraction of sp³-hybridized carbons (Fsp3) is 0.615. The van der Waals surface area contributed by atoms with Crippen LogP contribution in [0.4, 0.5) is 5.82 Å². The van der Waals surface area contributed by atoms with Crippen molar-refractivity contribution in [3.05, 3.63) is 22.8 Å². The molecule has 0 saturated carbocycles. The van der Waals surface area contributed by atoms with Crippen LogP contribution in [0, 0.1) is 0 Å². The molecule has 0 aromatic carbocycles. The van der Waals surface area contributed by atoms with Crippen LogP contribution in [-0.2, 0) is 6.54 Å². The van der Waals surface area contributed by atoms with E-state index in [1.807, 2.05) is 19.2 Å². The standard InChI is InChI=1S/C13H22ClN3/c1-5-10(6-2)17(4)9-12-11(14)7-8-13(15-3)16-12/h7-8,10H,5-6,9H2,1-4H3,(H,15,16). The molecule has 0 aliphatic carbocycles. The van der Waals surface area contributed by atoms with E-state index in [-0.39, 0.29) is 0 Å². The Morgan fingerprint density at radius 1 is 1.35 bits per heavy atom. The van der Waals surface area contributed by atoms with Crippen LogP contribution >= 0.6 is 11.6 Å². The Balaban J connectivity index is 2.79. The van der Waals surface area contributed by atoms with Gasteiger partial charge in [0.1, 0.15) is 5.82 Å². The highest BCUT2D eigenvalue weighted by Crippen LogP contribution is 2.19.